The minimum Gasteiger partial charge on any atom is -0.300 e. The number of hydrogen-bond acceptors (Lipinski definition) is 6. The molecule has 7 nitrogen and oxygen atoms in total. The number of aromatic amines is 1. The summed E-state index contributed by atoms with van der Waals surface area (Å²) in [5.41, 5.74) is 2.84. The predicted octanol–water partition coefficient (Wildman–Crippen LogP) is 3.53. The molecule has 0 spiro atoms. The van der Waals surface area contributed by atoms with Crippen LogP contribution in [0.15, 0.2) is 54.2 Å². The fourth-order valence-electron chi connectivity index (χ4n) is 2.60. The molecule has 0 radical (unpaired) electrons. The average Bonchev–Trinajstić information content (AvgIpc) is 3.32. The van der Waals surface area contributed by atoms with Gasteiger partial charge in [-0.1, -0.05) is 18.7 Å². The molecule has 1 aromatic carbocycles. The molecule has 0 aliphatic heterocycles. The fourth-order valence-corrected chi connectivity index (χ4v) is 3.12. The van der Waals surface area contributed by atoms with E-state index in [1.165, 1.54) is 0 Å². The molecule has 130 valence electrons. The van der Waals surface area contributed by atoms with Crippen LogP contribution in [0, 0.1) is 6.92 Å². The first kappa shape index (κ1) is 16.5. The van der Waals surface area contributed by atoms with Gasteiger partial charge in [0.25, 0.3) is 0 Å². The highest BCUT2D eigenvalue weighted by Crippen LogP contribution is 2.23. The van der Waals surface area contributed by atoms with Crippen molar-refractivity contribution >= 4 is 11.8 Å². The van der Waals surface area contributed by atoms with Gasteiger partial charge in [-0.2, -0.15) is 5.10 Å². The average molecular weight is 363 g/mol. The Balaban J connectivity index is 1.64. The smallest absolute Gasteiger partial charge is 0.187 e. The van der Waals surface area contributed by atoms with E-state index in [0.29, 0.717) is 5.82 Å². The molecule has 26 heavy (non-hydrogen) atoms. The fraction of sp³-hybridized carbons (Fsp3) is 0.167. The molecular weight excluding hydrogens is 346 g/mol. The molecule has 0 bridgehead atoms. The van der Waals surface area contributed by atoms with Crippen LogP contribution in [-0.4, -0.2) is 40.5 Å². The molecule has 4 rings (SSSR count). The van der Waals surface area contributed by atoms with E-state index in [1.54, 1.807) is 18.0 Å². The lowest BCUT2D eigenvalue weighted by atomic mass is 10.2. The number of aryl methyl sites for hydroxylation is 1. The van der Waals surface area contributed by atoms with E-state index in [1.807, 2.05) is 54.3 Å². The van der Waals surface area contributed by atoms with Crippen LogP contribution in [0.1, 0.15) is 12.7 Å². The number of nitrogens with one attached hydrogen (secondary N) is 1. The highest BCUT2D eigenvalue weighted by molar-refractivity contribution is 7.99. The first-order chi connectivity index (χ1) is 12.7. The molecule has 3 aromatic heterocycles. The molecule has 0 aliphatic rings. The molecule has 0 unspecified atom stereocenters. The van der Waals surface area contributed by atoms with E-state index in [2.05, 4.69) is 37.1 Å². The molecule has 0 aliphatic carbocycles. The van der Waals surface area contributed by atoms with Gasteiger partial charge in [0, 0.05) is 36.0 Å². The Bertz CT molecular complexity index is 1000. The van der Waals surface area contributed by atoms with E-state index in [4.69, 9.17) is 0 Å². The summed E-state index contributed by atoms with van der Waals surface area (Å²) < 4.78 is 2.01. The molecule has 1 N–H and O–H groups in total. The molecule has 8 heteroatoms. The maximum atomic E-state index is 4.47. The van der Waals surface area contributed by atoms with Crippen molar-refractivity contribution in [3.05, 3.63) is 54.9 Å². The van der Waals surface area contributed by atoms with Gasteiger partial charge >= 0.3 is 0 Å². The van der Waals surface area contributed by atoms with Crippen LogP contribution in [0.3, 0.4) is 0 Å². The van der Waals surface area contributed by atoms with E-state index >= 15 is 0 Å². The summed E-state index contributed by atoms with van der Waals surface area (Å²) in [7, 11) is 0. The molecule has 0 saturated heterocycles. The van der Waals surface area contributed by atoms with Gasteiger partial charge in [0.1, 0.15) is 11.6 Å². The van der Waals surface area contributed by atoms with Crippen LogP contribution in [-0.2, 0) is 0 Å². The number of nitrogens with zero attached hydrogens (tertiary/aromatic N) is 6. The number of imidazole rings is 1. The second-order valence-corrected chi connectivity index (χ2v) is 6.83. The minimum absolute atomic E-state index is 0.692. The molecule has 4 aromatic rings. The standard InChI is InChI=1S/C18H17N7S/c1-3-26-18-20-10-14(11-21-18)17-19-8-9-25(17)15-6-4-13(5-7-15)16-22-12(2)23-24-16/h4-11H,3H2,1-2H3,(H,22,23,24). The second kappa shape index (κ2) is 7.09. The highest BCUT2D eigenvalue weighted by Gasteiger charge is 2.10. The summed E-state index contributed by atoms with van der Waals surface area (Å²) in [6.07, 6.45) is 7.33. The quantitative estimate of drug-likeness (QED) is 0.431. The summed E-state index contributed by atoms with van der Waals surface area (Å²) in [5.74, 6) is 3.24. The van der Waals surface area contributed by atoms with E-state index in [9.17, 15) is 0 Å². The van der Waals surface area contributed by atoms with Crippen molar-refractivity contribution in [3.63, 3.8) is 0 Å². The first-order valence-corrected chi connectivity index (χ1v) is 9.21. The number of hydrogen-bond donors (Lipinski definition) is 1. The van der Waals surface area contributed by atoms with E-state index in [0.717, 1.165) is 39.4 Å². The van der Waals surface area contributed by atoms with Gasteiger partial charge in [-0.05, 0) is 36.9 Å². The summed E-state index contributed by atoms with van der Waals surface area (Å²) in [5, 5.41) is 7.83. The minimum atomic E-state index is 0.692. The van der Waals surface area contributed by atoms with Crippen molar-refractivity contribution in [1.82, 2.24) is 34.7 Å². The van der Waals surface area contributed by atoms with E-state index in [-0.39, 0.29) is 0 Å². The van der Waals surface area contributed by atoms with Gasteiger partial charge in [-0.3, -0.25) is 9.67 Å². The Morgan fingerprint density at radius 2 is 1.81 bits per heavy atom. The van der Waals surface area contributed by atoms with E-state index < -0.39 is 0 Å². The lowest BCUT2D eigenvalue weighted by Gasteiger charge is -2.08. The normalized spacial score (nSPS) is 11.0. The number of thioether (sulfide) groups is 1. The molecule has 3 heterocycles. The molecule has 0 amide bonds. The number of rotatable bonds is 5. The third-order valence-electron chi connectivity index (χ3n) is 3.80. The second-order valence-electron chi connectivity index (χ2n) is 5.60. The van der Waals surface area contributed by atoms with Crippen LogP contribution in [0.25, 0.3) is 28.5 Å². The van der Waals surface area contributed by atoms with Crippen molar-refractivity contribution in [1.29, 1.82) is 0 Å². The zero-order valence-electron chi connectivity index (χ0n) is 14.4. The van der Waals surface area contributed by atoms with Crippen molar-refractivity contribution < 1.29 is 0 Å². The molecule has 0 atom stereocenters. The zero-order chi connectivity index (χ0) is 17.9. The third kappa shape index (κ3) is 3.23. The van der Waals surface area contributed by atoms with Gasteiger partial charge in [0.05, 0.1) is 5.56 Å². The Morgan fingerprint density at radius 1 is 1.04 bits per heavy atom. The monoisotopic (exact) mass is 363 g/mol. The Kier molecular flexibility index (Phi) is 4.49. The van der Waals surface area contributed by atoms with Crippen LogP contribution in [0.2, 0.25) is 0 Å². The van der Waals surface area contributed by atoms with Gasteiger partial charge in [-0.15, -0.1) is 0 Å². The first-order valence-electron chi connectivity index (χ1n) is 8.23. The summed E-state index contributed by atoms with van der Waals surface area (Å²) >= 11 is 1.62. The van der Waals surface area contributed by atoms with Gasteiger partial charge in [-0.25, -0.2) is 19.9 Å². The maximum Gasteiger partial charge on any atom is 0.187 e. The predicted molar refractivity (Wildman–Crippen MR) is 101 cm³/mol. The molecule has 0 fully saturated rings. The lowest BCUT2D eigenvalue weighted by Crippen LogP contribution is -1.98. The maximum absolute atomic E-state index is 4.47. The third-order valence-corrected chi connectivity index (χ3v) is 4.56. The molecular formula is C18H17N7S. The zero-order valence-corrected chi connectivity index (χ0v) is 15.2. The largest absolute Gasteiger partial charge is 0.300 e. The van der Waals surface area contributed by atoms with Crippen molar-refractivity contribution in [2.75, 3.05) is 5.75 Å². The Morgan fingerprint density at radius 3 is 2.46 bits per heavy atom. The van der Waals surface area contributed by atoms with Crippen molar-refractivity contribution in [2.24, 2.45) is 0 Å². The van der Waals surface area contributed by atoms with Crippen LogP contribution in [0.5, 0.6) is 0 Å². The summed E-state index contributed by atoms with van der Waals surface area (Å²) in [4.78, 5) is 17.6. The number of H-pyrrole nitrogens is 1. The summed E-state index contributed by atoms with van der Waals surface area (Å²) in [6.45, 7) is 3.97. The number of aromatic nitrogens is 7. The van der Waals surface area contributed by atoms with Gasteiger partial charge in [0.15, 0.2) is 11.0 Å². The lowest BCUT2D eigenvalue weighted by molar-refractivity contribution is 0.958. The van der Waals surface area contributed by atoms with Gasteiger partial charge in [0.2, 0.25) is 0 Å². The highest BCUT2D eigenvalue weighted by atomic mass is 32.2. The van der Waals surface area contributed by atoms with Crippen molar-refractivity contribution in [3.8, 4) is 28.5 Å². The topological polar surface area (TPSA) is 85.2 Å². The Hall–Kier alpha value is -3.00. The van der Waals surface area contributed by atoms with Crippen LogP contribution >= 0.6 is 11.8 Å². The summed E-state index contributed by atoms with van der Waals surface area (Å²) in [6, 6.07) is 8.04. The van der Waals surface area contributed by atoms with Gasteiger partial charge < -0.3 is 0 Å². The Labute approximate surface area is 155 Å². The molecule has 0 saturated carbocycles. The van der Waals surface area contributed by atoms with Crippen LogP contribution in [0.4, 0.5) is 0 Å². The number of benzene rings is 1. The SMILES string of the molecule is CCSc1ncc(-c2nccn2-c2ccc(-c3n[nH]c(C)n3)cc2)cn1. The van der Waals surface area contributed by atoms with Crippen LogP contribution < -0.4 is 0 Å². The van der Waals surface area contributed by atoms with Crippen molar-refractivity contribution in [2.45, 2.75) is 19.0 Å².